The van der Waals surface area contributed by atoms with Crippen LogP contribution >= 0.6 is 0 Å². The fourth-order valence-electron chi connectivity index (χ4n) is 0.659. The molecule has 0 aliphatic carbocycles. The molecule has 1 aromatic rings. The summed E-state index contributed by atoms with van der Waals surface area (Å²) >= 11 is 0. The van der Waals surface area contributed by atoms with E-state index in [9.17, 15) is 4.79 Å². The minimum atomic E-state index is -0.491. The maximum atomic E-state index is 10.4. The highest BCUT2D eigenvalue weighted by Crippen LogP contribution is 1.81. The van der Waals surface area contributed by atoms with Gasteiger partial charge in [0.2, 0.25) is 0 Å². The third kappa shape index (κ3) is 7.31. The number of nitrogens with two attached hydrogens (primary N) is 1. The van der Waals surface area contributed by atoms with Gasteiger partial charge in [-0.1, -0.05) is 36.4 Å². The second kappa shape index (κ2) is 8.26. The molecule has 0 aliphatic rings. The van der Waals surface area contributed by atoms with E-state index in [4.69, 9.17) is 5.73 Å². The average molecular weight is 195 g/mol. The molecule has 0 heterocycles. The maximum absolute atomic E-state index is 10.4. The zero-order valence-electron chi connectivity index (χ0n) is 8.64. The van der Waals surface area contributed by atoms with Gasteiger partial charge in [-0.25, -0.2) is 0 Å². The third-order valence-corrected chi connectivity index (χ3v) is 1.33. The van der Waals surface area contributed by atoms with Gasteiger partial charge < -0.3 is 10.5 Å². The predicted octanol–water partition coefficient (Wildman–Crippen LogP) is 1.58. The van der Waals surface area contributed by atoms with Crippen LogP contribution in [-0.4, -0.2) is 18.6 Å². The zero-order chi connectivity index (χ0) is 10.8. The molecule has 0 fully saturated rings. The number of ether oxygens (including phenoxy) is 1. The lowest BCUT2D eigenvalue weighted by Crippen LogP contribution is -2.28. The monoisotopic (exact) mass is 195 g/mol. The molecule has 0 saturated heterocycles. The lowest BCUT2D eigenvalue weighted by atomic mass is 10.4. The summed E-state index contributed by atoms with van der Waals surface area (Å²) in [5.74, 6) is -0.340. The van der Waals surface area contributed by atoms with Gasteiger partial charge in [0.25, 0.3) is 0 Å². The largest absolute Gasteiger partial charge is 0.465 e. The molecule has 2 N–H and O–H groups in total. The first-order valence-corrected chi connectivity index (χ1v) is 4.60. The molecular formula is C11H17NO2. The highest BCUT2D eigenvalue weighted by molar-refractivity contribution is 5.74. The van der Waals surface area contributed by atoms with Crippen molar-refractivity contribution in [3.63, 3.8) is 0 Å². The second-order valence-electron chi connectivity index (χ2n) is 2.70. The van der Waals surface area contributed by atoms with Crippen LogP contribution in [-0.2, 0) is 9.53 Å². The van der Waals surface area contributed by atoms with Crippen molar-refractivity contribution in [2.75, 3.05) is 6.61 Å². The Morgan fingerprint density at radius 1 is 1.21 bits per heavy atom. The van der Waals surface area contributed by atoms with Crippen LogP contribution in [0.3, 0.4) is 0 Å². The summed E-state index contributed by atoms with van der Waals surface area (Å²) in [6.45, 7) is 3.75. The standard InChI is InChI=1S/C6H6.C5H11NO2/c1-2-4-6-5-3-1;1-3-8-5(7)4(2)6/h1-6H;4H,3,6H2,1-2H3. The lowest BCUT2D eigenvalue weighted by molar-refractivity contribution is -0.144. The van der Waals surface area contributed by atoms with Crippen molar-refractivity contribution in [2.45, 2.75) is 19.9 Å². The summed E-state index contributed by atoms with van der Waals surface area (Å²) in [6.07, 6.45) is 0. The van der Waals surface area contributed by atoms with Crippen LogP contribution in [0.2, 0.25) is 0 Å². The molecule has 1 aromatic carbocycles. The van der Waals surface area contributed by atoms with Gasteiger partial charge in [-0.15, -0.1) is 0 Å². The van der Waals surface area contributed by atoms with Crippen LogP contribution < -0.4 is 5.73 Å². The van der Waals surface area contributed by atoms with Gasteiger partial charge >= 0.3 is 5.97 Å². The van der Waals surface area contributed by atoms with Gasteiger partial charge in [-0.05, 0) is 13.8 Å². The number of carbonyl (C=O) groups excluding carboxylic acids is 1. The molecular weight excluding hydrogens is 178 g/mol. The van der Waals surface area contributed by atoms with Crippen LogP contribution in [0, 0.1) is 0 Å². The van der Waals surface area contributed by atoms with E-state index in [0.29, 0.717) is 6.61 Å². The summed E-state index contributed by atoms with van der Waals surface area (Å²) in [7, 11) is 0. The van der Waals surface area contributed by atoms with E-state index in [0.717, 1.165) is 0 Å². The summed E-state index contributed by atoms with van der Waals surface area (Å²) < 4.78 is 4.54. The quantitative estimate of drug-likeness (QED) is 0.729. The molecule has 3 nitrogen and oxygen atoms in total. The molecule has 1 unspecified atom stereocenters. The number of benzene rings is 1. The first kappa shape index (κ1) is 12.7. The Balaban J connectivity index is 0.000000249. The Morgan fingerprint density at radius 2 is 1.57 bits per heavy atom. The molecule has 0 bridgehead atoms. The predicted molar refractivity (Wildman–Crippen MR) is 56.7 cm³/mol. The van der Waals surface area contributed by atoms with Gasteiger partial charge in [0.1, 0.15) is 6.04 Å². The average Bonchev–Trinajstić information content (AvgIpc) is 2.21. The van der Waals surface area contributed by atoms with Gasteiger partial charge in [0.15, 0.2) is 0 Å². The van der Waals surface area contributed by atoms with Crippen molar-refractivity contribution in [1.82, 2.24) is 0 Å². The summed E-state index contributed by atoms with van der Waals surface area (Å²) in [6, 6.07) is 11.5. The molecule has 78 valence electrons. The fourth-order valence-corrected chi connectivity index (χ4v) is 0.659. The Morgan fingerprint density at radius 3 is 1.71 bits per heavy atom. The van der Waals surface area contributed by atoms with E-state index in [-0.39, 0.29) is 5.97 Å². The number of esters is 1. The molecule has 0 amide bonds. The second-order valence-corrected chi connectivity index (χ2v) is 2.70. The zero-order valence-corrected chi connectivity index (χ0v) is 8.64. The van der Waals surface area contributed by atoms with Gasteiger partial charge in [-0.2, -0.15) is 0 Å². The van der Waals surface area contributed by atoms with Crippen molar-refractivity contribution in [1.29, 1.82) is 0 Å². The molecule has 1 rings (SSSR count). The van der Waals surface area contributed by atoms with E-state index in [1.807, 2.05) is 36.4 Å². The van der Waals surface area contributed by atoms with Crippen LogP contribution in [0.15, 0.2) is 36.4 Å². The minimum Gasteiger partial charge on any atom is -0.465 e. The first-order valence-electron chi connectivity index (χ1n) is 4.60. The normalized spacial score (nSPS) is 10.8. The summed E-state index contributed by atoms with van der Waals surface area (Å²) in [5, 5.41) is 0. The Bertz CT molecular complexity index is 208. The summed E-state index contributed by atoms with van der Waals surface area (Å²) in [4.78, 5) is 10.4. The van der Waals surface area contributed by atoms with E-state index in [1.165, 1.54) is 0 Å². The van der Waals surface area contributed by atoms with Crippen LogP contribution in [0.4, 0.5) is 0 Å². The van der Waals surface area contributed by atoms with E-state index in [2.05, 4.69) is 4.74 Å². The van der Waals surface area contributed by atoms with Gasteiger partial charge in [-0.3, -0.25) is 4.79 Å². The first-order chi connectivity index (χ1) is 6.68. The lowest BCUT2D eigenvalue weighted by Gasteiger charge is -2.02. The van der Waals surface area contributed by atoms with Crippen molar-refractivity contribution >= 4 is 5.97 Å². The molecule has 1 atom stereocenters. The Kier molecular flexibility index (Phi) is 7.46. The van der Waals surface area contributed by atoms with Crippen LogP contribution in [0.25, 0.3) is 0 Å². The smallest absolute Gasteiger partial charge is 0.322 e. The molecule has 0 saturated carbocycles. The minimum absolute atomic E-state index is 0.340. The number of rotatable bonds is 2. The highest BCUT2D eigenvalue weighted by Gasteiger charge is 2.05. The number of carbonyl (C=O) groups is 1. The van der Waals surface area contributed by atoms with Crippen molar-refractivity contribution in [3.8, 4) is 0 Å². The van der Waals surface area contributed by atoms with E-state index in [1.54, 1.807) is 13.8 Å². The van der Waals surface area contributed by atoms with Crippen molar-refractivity contribution in [3.05, 3.63) is 36.4 Å². The number of hydrogen-bond acceptors (Lipinski definition) is 3. The molecule has 0 radical (unpaired) electrons. The van der Waals surface area contributed by atoms with E-state index >= 15 is 0 Å². The van der Waals surface area contributed by atoms with Gasteiger partial charge in [0.05, 0.1) is 6.61 Å². The molecule has 0 aliphatic heterocycles. The Hall–Kier alpha value is -1.35. The maximum Gasteiger partial charge on any atom is 0.322 e. The number of hydrogen-bond donors (Lipinski definition) is 1. The molecule has 14 heavy (non-hydrogen) atoms. The fraction of sp³-hybridized carbons (Fsp3) is 0.364. The van der Waals surface area contributed by atoms with Gasteiger partial charge in [0, 0.05) is 0 Å². The topological polar surface area (TPSA) is 52.3 Å². The highest BCUT2D eigenvalue weighted by atomic mass is 16.5. The van der Waals surface area contributed by atoms with Crippen LogP contribution in [0.5, 0.6) is 0 Å². The van der Waals surface area contributed by atoms with Crippen molar-refractivity contribution < 1.29 is 9.53 Å². The van der Waals surface area contributed by atoms with Crippen LogP contribution in [0.1, 0.15) is 13.8 Å². The Labute approximate surface area is 84.9 Å². The van der Waals surface area contributed by atoms with Crippen molar-refractivity contribution in [2.24, 2.45) is 5.73 Å². The SMILES string of the molecule is CCOC(=O)C(C)N.c1ccccc1. The van der Waals surface area contributed by atoms with E-state index < -0.39 is 6.04 Å². The molecule has 0 aromatic heterocycles. The molecule has 3 heteroatoms. The molecule has 0 spiro atoms. The summed E-state index contributed by atoms with van der Waals surface area (Å²) in [5.41, 5.74) is 5.15. The third-order valence-electron chi connectivity index (χ3n) is 1.33.